The van der Waals surface area contributed by atoms with Crippen molar-refractivity contribution in [3.63, 3.8) is 0 Å². The minimum atomic E-state index is 0.587. The van der Waals surface area contributed by atoms with E-state index in [1.165, 1.54) is 17.3 Å². The van der Waals surface area contributed by atoms with Crippen LogP contribution in [0, 0.1) is 6.57 Å². The van der Waals surface area contributed by atoms with E-state index < -0.39 is 0 Å². The second-order valence-electron chi connectivity index (χ2n) is 5.29. The fraction of sp³-hybridized carbons (Fsp3) is 0.0556. The van der Waals surface area contributed by atoms with Gasteiger partial charge in [-0.05, 0) is 41.3 Å². The first kappa shape index (κ1) is 13.3. The van der Waals surface area contributed by atoms with Gasteiger partial charge in [0.15, 0.2) is 5.69 Å². The Morgan fingerprint density at radius 2 is 2.04 bits per heavy atom. The lowest BCUT2D eigenvalue weighted by molar-refractivity contribution is 1.11. The lowest BCUT2D eigenvalue weighted by Crippen LogP contribution is -2.02. The highest BCUT2D eigenvalue weighted by atomic mass is 15.0. The van der Waals surface area contributed by atoms with Crippen molar-refractivity contribution in [3.8, 4) is 0 Å². The van der Waals surface area contributed by atoms with Crippen molar-refractivity contribution in [1.29, 1.82) is 0 Å². The maximum absolute atomic E-state index is 7.15. The minimum Gasteiger partial charge on any atom is -0.365 e. The summed E-state index contributed by atoms with van der Waals surface area (Å²) in [7, 11) is 0. The van der Waals surface area contributed by atoms with Gasteiger partial charge >= 0.3 is 0 Å². The van der Waals surface area contributed by atoms with E-state index >= 15 is 0 Å². The van der Waals surface area contributed by atoms with Crippen LogP contribution in [0.3, 0.4) is 0 Å². The summed E-state index contributed by atoms with van der Waals surface area (Å²) in [6.07, 6.45) is 3.48. The summed E-state index contributed by atoms with van der Waals surface area (Å²) in [6.45, 7) is 7.81. The number of fused-ring (bicyclic) bond motifs is 2. The molecule has 0 aliphatic carbocycles. The quantitative estimate of drug-likeness (QED) is 0.555. The molecule has 2 aromatic heterocycles. The van der Waals surface area contributed by atoms with Crippen LogP contribution in [0.15, 0.2) is 55.0 Å². The van der Waals surface area contributed by atoms with Crippen LogP contribution in [-0.2, 0) is 6.54 Å². The number of H-pyrrole nitrogens is 1. The summed E-state index contributed by atoms with van der Waals surface area (Å²) in [5.74, 6) is 0.745. The Morgan fingerprint density at radius 1 is 1.09 bits per heavy atom. The van der Waals surface area contributed by atoms with Gasteiger partial charge in [0, 0.05) is 23.6 Å². The molecule has 0 atom stereocenters. The second kappa shape index (κ2) is 5.43. The van der Waals surface area contributed by atoms with Crippen molar-refractivity contribution >= 4 is 33.3 Å². The third kappa shape index (κ3) is 2.47. The Hall–Kier alpha value is -3.39. The molecule has 2 aromatic carbocycles. The number of aromatic nitrogens is 3. The van der Waals surface area contributed by atoms with Gasteiger partial charge in [0.1, 0.15) is 12.1 Å². The number of hydrogen-bond donors (Lipinski definition) is 2. The average molecular weight is 299 g/mol. The van der Waals surface area contributed by atoms with Gasteiger partial charge < -0.3 is 10.3 Å². The number of hydrogen-bond acceptors (Lipinski definition) is 3. The molecule has 23 heavy (non-hydrogen) atoms. The molecule has 0 fully saturated rings. The maximum atomic E-state index is 7.15. The number of rotatable bonds is 3. The zero-order chi connectivity index (χ0) is 15.6. The van der Waals surface area contributed by atoms with Gasteiger partial charge in [0.05, 0.1) is 12.1 Å². The highest BCUT2D eigenvalue weighted by Crippen LogP contribution is 2.25. The van der Waals surface area contributed by atoms with E-state index in [0.717, 1.165) is 22.2 Å². The molecule has 5 heteroatoms. The van der Waals surface area contributed by atoms with Crippen molar-refractivity contribution < 1.29 is 0 Å². The van der Waals surface area contributed by atoms with E-state index in [2.05, 4.69) is 49.4 Å². The van der Waals surface area contributed by atoms with Crippen LogP contribution in [-0.4, -0.2) is 15.0 Å². The third-order valence-corrected chi connectivity index (χ3v) is 3.83. The van der Waals surface area contributed by atoms with Crippen molar-refractivity contribution in [3.05, 3.63) is 72.0 Å². The zero-order valence-electron chi connectivity index (χ0n) is 12.2. The van der Waals surface area contributed by atoms with Gasteiger partial charge in [-0.25, -0.2) is 14.8 Å². The summed E-state index contributed by atoms with van der Waals surface area (Å²) < 4.78 is 0. The fourth-order valence-corrected chi connectivity index (χ4v) is 2.65. The molecule has 0 saturated heterocycles. The van der Waals surface area contributed by atoms with Crippen molar-refractivity contribution in [2.45, 2.75) is 6.54 Å². The van der Waals surface area contributed by atoms with Crippen LogP contribution < -0.4 is 5.32 Å². The molecule has 0 aliphatic heterocycles. The summed E-state index contributed by atoms with van der Waals surface area (Å²) in [5.41, 5.74) is 3.72. The first-order valence-corrected chi connectivity index (χ1v) is 7.25. The first-order chi connectivity index (χ1) is 11.3. The van der Waals surface area contributed by atoms with Gasteiger partial charge in [-0.3, -0.25) is 0 Å². The topological polar surface area (TPSA) is 58.0 Å². The summed E-state index contributed by atoms with van der Waals surface area (Å²) in [4.78, 5) is 15.2. The van der Waals surface area contributed by atoms with Crippen molar-refractivity contribution in [1.82, 2.24) is 15.0 Å². The summed E-state index contributed by atoms with van der Waals surface area (Å²) >= 11 is 0. The third-order valence-electron chi connectivity index (χ3n) is 3.83. The van der Waals surface area contributed by atoms with Crippen LogP contribution in [0.2, 0.25) is 0 Å². The van der Waals surface area contributed by atoms with Gasteiger partial charge in [-0.2, -0.15) is 0 Å². The van der Waals surface area contributed by atoms with E-state index in [-0.39, 0.29) is 0 Å². The molecule has 2 heterocycles. The molecule has 0 spiro atoms. The lowest BCUT2D eigenvalue weighted by Gasteiger charge is -2.09. The Balaban J connectivity index is 1.65. The van der Waals surface area contributed by atoms with Crippen LogP contribution in [0.1, 0.15) is 5.56 Å². The van der Waals surface area contributed by atoms with E-state index in [0.29, 0.717) is 12.2 Å². The molecule has 110 valence electrons. The molecule has 4 rings (SSSR count). The average Bonchev–Trinajstić information content (AvgIpc) is 3.07. The van der Waals surface area contributed by atoms with Crippen LogP contribution in [0.4, 0.5) is 11.5 Å². The first-order valence-electron chi connectivity index (χ1n) is 7.25. The Labute approximate surface area is 132 Å². The molecule has 4 aromatic rings. The molecule has 0 aliphatic rings. The standard InChI is InChI=1S/C18H13N5/c1-19-14-3-5-17-15(9-14)18(23-11-22-17)21-10-12-2-4-16-13(8-12)6-7-20-16/h2-9,11,20H,10H2,(H,21,22,23). The highest BCUT2D eigenvalue weighted by molar-refractivity contribution is 5.91. The Bertz CT molecular complexity index is 1040. The van der Waals surface area contributed by atoms with Crippen LogP contribution >= 0.6 is 0 Å². The zero-order valence-corrected chi connectivity index (χ0v) is 12.2. The van der Waals surface area contributed by atoms with Crippen molar-refractivity contribution in [2.24, 2.45) is 0 Å². The summed E-state index contributed by atoms with van der Waals surface area (Å²) in [5, 5.41) is 5.40. The molecule has 0 saturated carbocycles. The molecular formula is C18H13N5. The molecular weight excluding hydrogens is 286 g/mol. The van der Waals surface area contributed by atoms with E-state index in [1.807, 2.05) is 18.3 Å². The molecule has 0 unspecified atom stereocenters. The van der Waals surface area contributed by atoms with E-state index in [1.54, 1.807) is 6.07 Å². The number of nitrogens with one attached hydrogen (secondary N) is 2. The summed E-state index contributed by atoms with van der Waals surface area (Å²) in [6, 6.07) is 13.8. The second-order valence-corrected chi connectivity index (χ2v) is 5.29. The maximum Gasteiger partial charge on any atom is 0.188 e. The van der Waals surface area contributed by atoms with E-state index in [4.69, 9.17) is 6.57 Å². The number of anilines is 1. The van der Waals surface area contributed by atoms with Gasteiger partial charge in [-0.15, -0.1) is 0 Å². The number of benzene rings is 2. The number of nitrogens with zero attached hydrogens (tertiary/aromatic N) is 3. The molecule has 0 radical (unpaired) electrons. The van der Waals surface area contributed by atoms with Crippen LogP contribution in [0.25, 0.3) is 26.7 Å². The SMILES string of the molecule is [C-]#[N+]c1ccc2ncnc(NCc3ccc4[nH]ccc4c3)c2c1. The Kier molecular flexibility index (Phi) is 3.13. The number of aromatic amines is 1. The molecule has 2 N–H and O–H groups in total. The fourth-order valence-electron chi connectivity index (χ4n) is 2.65. The molecule has 0 amide bonds. The van der Waals surface area contributed by atoms with Crippen LogP contribution in [0.5, 0.6) is 0 Å². The van der Waals surface area contributed by atoms with Crippen molar-refractivity contribution in [2.75, 3.05) is 5.32 Å². The lowest BCUT2D eigenvalue weighted by atomic mass is 10.1. The largest absolute Gasteiger partial charge is 0.365 e. The molecule has 5 nitrogen and oxygen atoms in total. The normalized spacial score (nSPS) is 10.7. The predicted molar refractivity (Wildman–Crippen MR) is 91.4 cm³/mol. The minimum absolute atomic E-state index is 0.587. The van der Waals surface area contributed by atoms with Gasteiger partial charge in [-0.1, -0.05) is 12.1 Å². The monoisotopic (exact) mass is 299 g/mol. The van der Waals surface area contributed by atoms with Gasteiger partial charge in [0.2, 0.25) is 0 Å². The van der Waals surface area contributed by atoms with Gasteiger partial charge in [0.25, 0.3) is 0 Å². The highest BCUT2D eigenvalue weighted by Gasteiger charge is 2.05. The predicted octanol–water partition coefficient (Wildman–Crippen LogP) is 4.27. The Morgan fingerprint density at radius 3 is 2.96 bits per heavy atom. The van der Waals surface area contributed by atoms with E-state index in [9.17, 15) is 0 Å². The molecule has 0 bridgehead atoms. The smallest absolute Gasteiger partial charge is 0.188 e.